The van der Waals surface area contributed by atoms with Crippen LogP contribution in [0.5, 0.6) is 0 Å². The maximum absolute atomic E-state index is 6.31. The van der Waals surface area contributed by atoms with Gasteiger partial charge in [-0.1, -0.05) is 12.8 Å². The number of nitrogens with one attached hydrogen (secondary N) is 1. The van der Waals surface area contributed by atoms with Crippen molar-refractivity contribution in [3.8, 4) is 0 Å². The summed E-state index contributed by atoms with van der Waals surface area (Å²) in [7, 11) is 0. The van der Waals surface area contributed by atoms with Crippen molar-refractivity contribution in [2.24, 2.45) is 5.73 Å². The van der Waals surface area contributed by atoms with E-state index in [2.05, 4.69) is 57.7 Å². The molecule has 1 aliphatic carbocycles. The normalized spacial score (nSPS) is 23.2. The number of halogens is 4. The molecule has 1 aliphatic heterocycles. The molecule has 2 atom stereocenters. The van der Waals surface area contributed by atoms with Crippen LogP contribution in [0.15, 0.2) is 13.4 Å². The molecule has 1 fully saturated rings. The number of benzene rings is 1. The second-order valence-electron chi connectivity index (χ2n) is 6.51. The highest BCUT2D eigenvalue weighted by atomic mass is 79.9. The molecule has 2 heterocycles. The second-order valence-corrected chi connectivity index (χ2v) is 8.89. The van der Waals surface area contributed by atoms with Gasteiger partial charge in [-0.25, -0.2) is 4.98 Å². The fourth-order valence-electron chi connectivity index (χ4n) is 3.82. The van der Waals surface area contributed by atoms with Crippen molar-refractivity contribution in [3.63, 3.8) is 0 Å². The van der Waals surface area contributed by atoms with Crippen LogP contribution in [0.2, 0.25) is 0 Å². The van der Waals surface area contributed by atoms with Gasteiger partial charge in [0.15, 0.2) is 0 Å². The topological polar surface area (TPSA) is 55.9 Å². The van der Waals surface area contributed by atoms with E-state index in [4.69, 9.17) is 10.7 Å². The van der Waals surface area contributed by atoms with Gasteiger partial charge in [-0.05, 0) is 79.0 Å². The number of rotatable bonds is 2. The van der Waals surface area contributed by atoms with Gasteiger partial charge in [-0.3, -0.25) is 0 Å². The Morgan fingerprint density at radius 3 is 2.54 bits per heavy atom. The highest BCUT2D eigenvalue weighted by Gasteiger charge is 2.28. The fourth-order valence-corrected chi connectivity index (χ4v) is 5.58. The minimum atomic E-state index is 0. The lowest BCUT2D eigenvalue weighted by molar-refractivity contribution is 0.401. The molecule has 8 heteroatoms. The first-order valence-corrected chi connectivity index (χ1v) is 10.5. The Balaban J connectivity index is 0.00000169. The minimum Gasteiger partial charge on any atom is -0.351 e. The summed E-state index contributed by atoms with van der Waals surface area (Å²) in [5.41, 5.74) is 9.92. The number of nitrogens with two attached hydrogens (primary N) is 1. The van der Waals surface area contributed by atoms with E-state index in [0.29, 0.717) is 6.04 Å². The van der Waals surface area contributed by atoms with Gasteiger partial charge in [0, 0.05) is 27.6 Å². The Hall–Kier alpha value is 0.180. The average Bonchev–Trinajstić information content (AvgIpc) is 2.93. The lowest BCUT2D eigenvalue weighted by Gasteiger charge is -2.30. The second kappa shape index (κ2) is 7.43. The zero-order valence-corrected chi connectivity index (χ0v) is 18.7. The molecule has 2 unspecified atom stereocenters. The van der Waals surface area contributed by atoms with Crippen LogP contribution in [-0.4, -0.2) is 21.6 Å². The van der Waals surface area contributed by atoms with E-state index < -0.39 is 0 Å². The molecule has 1 aromatic heterocycles. The van der Waals surface area contributed by atoms with Crippen molar-refractivity contribution in [2.45, 2.75) is 57.2 Å². The van der Waals surface area contributed by atoms with Crippen LogP contribution >= 0.6 is 60.2 Å². The summed E-state index contributed by atoms with van der Waals surface area (Å²) in [6.07, 6.45) is 6.94. The zero-order valence-electron chi connectivity index (χ0n) is 13.1. The maximum atomic E-state index is 6.31. The molecule has 1 aromatic carbocycles. The molecule has 1 saturated carbocycles. The van der Waals surface area contributed by atoms with Crippen molar-refractivity contribution in [2.75, 3.05) is 5.32 Å². The van der Waals surface area contributed by atoms with Crippen molar-refractivity contribution in [3.05, 3.63) is 19.0 Å². The Kier molecular flexibility index (Phi) is 5.87. The molecular formula is C16H20Br3ClN4. The number of imidazole rings is 1. The third-order valence-electron chi connectivity index (χ3n) is 5.05. The predicted molar refractivity (Wildman–Crippen MR) is 112 cm³/mol. The first-order chi connectivity index (χ1) is 11.1. The fraction of sp³-hybridized carbons (Fsp3) is 0.562. The SMILES string of the molecule is Cl.NC1CCCCC1Nc1nc2c(Br)c(Br)c(Br)c3c2n1CCC3. The lowest BCUT2D eigenvalue weighted by Crippen LogP contribution is -2.43. The Bertz CT molecular complexity index is 777. The van der Waals surface area contributed by atoms with Gasteiger partial charge in [0.05, 0.1) is 9.99 Å². The summed E-state index contributed by atoms with van der Waals surface area (Å²) in [4.78, 5) is 4.91. The van der Waals surface area contributed by atoms with Crippen molar-refractivity contribution >= 4 is 77.2 Å². The van der Waals surface area contributed by atoms with Gasteiger partial charge in [-0.15, -0.1) is 12.4 Å². The predicted octanol–water partition coefficient (Wildman–Crippen LogP) is 5.37. The molecular weight excluding hydrogens is 523 g/mol. The number of hydrogen-bond acceptors (Lipinski definition) is 3. The average molecular weight is 544 g/mol. The molecule has 0 radical (unpaired) electrons. The van der Waals surface area contributed by atoms with Crippen molar-refractivity contribution < 1.29 is 0 Å². The van der Waals surface area contributed by atoms with Gasteiger partial charge < -0.3 is 15.6 Å². The van der Waals surface area contributed by atoms with Crippen LogP contribution in [-0.2, 0) is 13.0 Å². The lowest BCUT2D eigenvalue weighted by atomic mass is 9.91. The van der Waals surface area contributed by atoms with Crippen LogP contribution in [0.3, 0.4) is 0 Å². The first kappa shape index (κ1) is 19.0. The van der Waals surface area contributed by atoms with Gasteiger partial charge in [-0.2, -0.15) is 0 Å². The summed E-state index contributed by atoms with van der Waals surface area (Å²) < 4.78 is 5.53. The molecule has 0 bridgehead atoms. The van der Waals surface area contributed by atoms with E-state index in [-0.39, 0.29) is 18.4 Å². The standard InChI is InChI=1S/C16H19Br3N4.ClH/c17-11-8-4-3-7-23-15(8)14(13(19)12(11)18)22-16(23)21-10-6-2-1-5-9(10)20;/h9-10H,1-7,20H2,(H,21,22);1H. The first-order valence-electron chi connectivity index (χ1n) is 8.15. The summed E-state index contributed by atoms with van der Waals surface area (Å²) in [6, 6.07) is 0.550. The van der Waals surface area contributed by atoms with Gasteiger partial charge >= 0.3 is 0 Å². The molecule has 132 valence electrons. The third-order valence-corrected chi connectivity index (χ3v) is 8.56. The molecule has 2 aromatic rings. The molecule has 3 N–H and O–H groups in total. The highest BCUT2D eigenvalue weighted by Crippen LogP contribution is 2.43. The minimum absolute atomic E-state index is 0. The number of anilines is 1. The third kappa shape index (κ3) is 3.04. The smallest absolute Gasteiger partial charge is 0.204 e. The largest absolute Gasteiger partial charge is 0.351 e. The highest BCUT2D eigenvalue weighted by molar-refractivity contribution is 9.14. The van der Waals surface area contributed by atoms with Crippen LogP contribution in [0.25, 0.3) is 11.0 Å². The van der Waals surface area contributed by atoms with E-state index in [9.17, 15) is 0 Å². The van der Waals surface area contributed by atoms with E-state index in [0.717, 1.165) is 57.1 Å². The molecule has 2 aliphatic rings. The number of aryl methyl sites for hydroxylation is 2. The number of hydrogen-bond donors (Lipinski definition) is 2. The monoisotopic (exact) mass is 540 g/mol. The van der Waals surface area contributed by atoms with E-state index in [1.807, 2.05) is 0 Å². The molecule has 24 heavy (non-hydrogen) atoms. The van der Waals surface area contributed by atoms with E-state index >= 15 is 0 Å². The van der Waals surface area contributed by atoms with Gasteiger partial charge in [0.2, 0.25) is 5.95 Å². The number of nitrogens with zero attached hydrogens (tertiary/aromatic N) is 2. The maximum Gasteiger partial charge on any atom is 0.204 e. The van der Waals surface area contributed by atoms with E-state index in [1.165, 1.54) is 23.9 Å². The quantitative estimate of drug-likeness (QED) is 0.501. The van der Waals surface area contributed by atoms with Crippen LogP contribution < -0.4 is 11.1 Å². The van der Waals surface area contributed by atoms with Crippen molar-refractivity contribution in [1.29, 1.82) is 0 Å². The van der Waals surface area contributed by atoms with Crippen LogP contribution in [0.4, 0.5) is 5.95 Å². The number of aromatic nitrogens is 2. The Labute approximate surface area is 173 Å². The summed E-state index contributed by atoms with van der Waals surface area (Å²) in [5.74, 6) is 0.967. The van der Waals surface area contributed by atoms with E-state index in [1.54, 1.807) is 0 Å². The summed E-state index contributed by atoms with van der Waals surface area (Å²) in [6.45, 7) is 1.01. The molecule has 0 amide bonds. The summed E-state index contributed by atoms with van der Waals surface area (Å²) >= 11 is 11.1. The van der Waals surface area contributed by atoms with Gasteiger partial charge in [0.1, 0.15) is 5.52 Å². The van der Waals surface area contributed by atoms with Crippen LogP contribution in [0, 0.1) is 0 Å². The van der Waals surface area contributed by atoms with Gasteiger partial charge in [0.25, 0.3) is 0 Å². The molecule has 4 nitrogen and oxygen atoms in total. The summed E-state index contributed by atoms with van der Waals surface area (Å²) in [5, 5.41) is 3.64. The molecule has 0 spiro atoms. The molecule has 0 saturated heterocycles. The molecule has 4 rings (SSSR count). The Morgan fingerprint density at radius 2 is 1.79 bits per heavy atom. The van der Waals surface area contributed by atoms with Crippen molar-refractivity contribution in [1.82, 2.24) is 9.55 Å². The zero-order chi connectivity index (χ0) is 16.1. The Morgan fingerprint density at radius 1 is 1.04 bits per heavy atom. The van der Waals surface area contributed by atoms with Crippen LogP contribution in [0.1, 0.15) is 37.7 Å².